The molecule has 0 radical (unpaired) electrons. The second kappa shape index (κ2) is 12.2. The van der Waals surface area contributed by atoms with Crippen molar-refractivity contribution in [2.75, 3.05) is 33.0 Å². The molecule has 4 heteroatoms. The van der Waals surface area contributed by atoms with Crippen LogP contribution in [0, 0.1) is 0 Å². The molecule has 0 saturated carbocycles. The molecule has 0 unspecified atom stereocenters. The van der Waals surface area contributed by atoms with Crippen molar-refractivity contribution in [2.45, 2.75) is 26.2 Å². The molecule has 0 heterocycles. The topological polar surface area (TPSA) is 47.6 Å². The second-order valence-corrected chi connectivity index (χ2v) is 3.43. The Morgan fingerprint density at radius 2 is 1.88 bits per heavy atom. The van der Waals surface area contributed by atoms with Gasteiger partial charge in [0.25, 0.3) is 0 Å². The number of carbonyl (C=O) groups is 1. The van der Waals surface area contributed by atoms with E-state index in [1.54, 1.807) is 0 Å². The minimum atomic E-state index is -0.167. The van der Waals surface area contributed by atoms with Gasteiger partial charge in [-0.1, -0.05) is 26.3 Å². The summed E-state index contributed by atoms with van der Waals surface area (Å²) in [6, 6.07) is 0. The lowest BCUT2D eigenvalue weighted by Crippen LogP contribution is -2.25. The number of carbonyl (C=O) groups excluding carboxylic acids is 1. The van der Waals surface area contributed by atoms with Crippen molar-refractivity contribution in [2.24, 2.45) is 0 Å². The summed E-state index contributed by atoms with van der Waals surface area (Å²) in [5.41, 5.74) is 0. The SMILES string of the molecule is C=CC(=O)NCCOCCOCCCCC. The van der Waals surface area contributed by atoms with Gasteiger partial charge in [0.15, 0.2) is 0 Å². The lowest BCUT2D eigenvalue weighted by molar-refractivity contribution is -0.116. The zero-order valence-electron chi connectivity index (χ0n) is 10.2. The average molecular weight is 229 g/mol. The summed E-state index contributed by atoms with van der Waals surface area (Å²) in [4.78, 5) is 10.7. The Labute approximate surface area is 98.0 Å². The Balaban J connectivity index is 2.98. The van der Waals surface area contributed by atoms with E-state index in [1.807, 2.05) is 0 Å². The van der Waals surface area contributed by atoms with E-state index >= 15 is 0 Å². The molecule has 94 valence electrons. The Kier molecular flexibility index (Phi) is 11.5. The highest BCUT2D eigenvalue weighted by Gasteiger charge is 1.93. The number of unbranched alkanes of at least 4 members (excludes halogenated alkanes) is 2. The molecular formula is C12H23NO3. The maximum Gasteiger partial charge on any atom is 0.243 e. The van der Waals surface area contributed by atoms with Crippen LogP contribution in [0.3, 0.4) is 0 Å². The summed E-state index contributed by atoms with van der Waals surface area (Å²) in [5.74, 6) is -0.167. The number of nitrogens with one attached hydrogen (secondary N) is 1. The molecule has 0 aliphatic rings. The first-order valence-corrected chi connectivity index (χ1v) is 5.87. The van der Waals surface area contributed by atoms with Gasteiger partial charge in [-0.3, -0.25) is 4.79 Å². The highest BCUT2D eigenvalue weighted by Crippen LogP contribution is 1.93. The predicted molar refractivity (Wildman–Crippen MR) is 64.4 cm³/mol. The maximum absolute atomic E-state index is 10.7. The maximum atomic E-state index is 10.7. The van der Waals surface area contributed by atoms with E-state index in [0.717, 1.165) is 13.0 Å². The Morgan fingerprint density at radius 3 is 2.50 bits per heavy atom. The van der Waals surface area contributed by atoms with Gasteiger partial charge in [-0.2, -0.15) is 0 Å². The van der Waals surface area contributed by atoms with Gasteiger partial charge in [0.1, 0.15) is 0 Å². The lowest BCUT2D eigenvalue weighted by atomic mass is 10.3. The fourth-order valence-electron chi connectivity index (χ4n) is 1.09. The third-order valence-corrected chi connectivity index (χ3v) is 2.00. The molecule has 0 spiro atoms. The molecule has 0 fully saturated rings. The van der Waals surface area contributed by atoms with Crippen LogP contribution in [0.25, 0.3) is 0 Å². The van der Waals surface area contributed by atoms with Gasteiger partial charge in [0.2, 0.25) is 5.91 Å². The van der Waals surface area contributed by atoms with Crippen LogP contribution in [0.1, 0.15) is 26.2 Å². The molecule has 0 aromatic heterocycles. The summed E-state index contributed by atoms with van der Waals surface area (Å²) in [7, 11) is 0. The van der Waals surface area contributed by atoms with E-state index < -0.39 is 0 Å². The van der Waals surface area contributed by atoms with E-state index in [9.17, 15) is 4.79 Å². The Bertz CT molecular complexity index is 183. The molecule has 0 aromatic rings. The van der Waals surface area contributed by atoms with Crippen LogP contribution >= 0.6 is 0 Å². The van der Waals surface area contributed by atoms with Crippen molar-refractivity contribution < 1.29 is 14.3 Å². The fourth-order valence-corrected chi connectivity index (χ4v) is 1.09. The van der Waals surface area contributed by atoms with Crippen LogP contribution in [-0.4, -0.2) is 38.9 Å². The average Bonchev–Trinajstić information content (AvgIpc) is 2.31. The van der Waals surface area contributed by atoms with E-state index in [2.05, 4.69) is 18.8 Å². The molecule has 0 aliphatic heterocycles. The molecule has 0 rings (SSSR count). The van der Waals surface area contributed by atoms with Crippen molar-refractivity contribution in [1.29, 1.82) is 0 Å². The first-order valence-electron chi connectivity index (χ1n) is 5.87. The van der Waals surface area contributed by atoms with Crippen LogP contribution in [0.4, 0.5) is 0 Å². The molecule has 1 N–H and O–H groups in total. The number of hydrogen-bond donors (Lipinski definition) is 1. The van der Waals surface area contributed by atoms with Crippen molar-refractivity contribution in [3.63, 3.8) is 0 Å². The normalized spacial score (nSPS) is 10.1. The molecule has 16 heavy (non-hydrogen) atoms. The summed E-state index contributed by atoms with van der Waals surface area (Å²) >= 11 is 0. The summed E-state index contributed by atoms with van der Waals surface area (Å²) < 4.78 is 10.6. The monoisotopic (exact) mass is 229 g/mol. The van der Waals surface area contributed by atoms with Gasteiger partial charge >= 0.3 is 0 Å². The van der Waals surface area contributed by atoms with E-state index in [4.69, 9.17) is 9.47 Å². The van der Waals surface area contributed by atoms with E-state index in [0.29, 0.717) is 26.4 Å². The van der Waals surface area contributed by atoms with Gasteiger partial charge in [0.05, 0.1) is 19.8 Å². The van der Waals surface area contributed by atoms with Crippen LogP contribution in [-0.2, 0) is 14.3 Å². The fraction of sp³-hybridized carbons (Fsp3) is 0.750. The first-order chi connectivity index (χ1) is 7.81. The highest BCUT2D eigenvalue weighted by atomic mass is 16.5. The van der Waals surface area contributed by atoms with Crippen LogP contribution in [0.5, 0.6) is 0 Å². The second-order valence-electron chi connectivity index (χ2n) is 3.43. The number of amides is 1. The van der Waals surface area contributed by atoms with Gasteiger partial charge in [-0.15, -0.1) is 0 Å². The summed E-state index contributed by atoms with van der Waals surface area (Å²) in [6.07, 6.45) is 4.79. The number of rotatable bonds is 11. The minimum absolute atomic E-state index is 0.167. The third-order valence-electron chi connectivity index (χ3n) is 2.00. The summed E-state index contributed by atoms with van der Waals surface area (Å²) in [5, 5.41) is 2.63. The molecule has 0 aliphatic carbocycles. The Morgan fingerprint density at radius 1 is 1.19 bits per heavy atom. The molecule has 0 atom stereocenters. The van der Waals surface area contributed by atoms with Gasteiger partial charge in [-0.25, -0.2) is 0 Å². The van der Waals surface area contributed by atoms with Gasteiger partial charge in [-0.05, 0) is 12.5 Å². The molecule has 4 nitrogen and oxygen atoms in total. The molecule has 0 saturated heterocycles. The summed E-state index contributed by atoms with van der Waals surface area (Å²) in [6.45, 7) is 8.56. The number of hydrogen-bond acceptors (Lipinski definition) is 3. The van der Waals surface area contributed by atoms with Crippen molar-refractivity contribution in [1.82, 2.24) is 5.32 Å². The van der Waals surface area contributed by atoms with Crippen LogP contribution < -0.4 is 5.32 Å². The smallest absolute Gasteiger partial charge is 0.243 e. The van der Waals surface area contributed by atoms with Crippen molar-refractivity contribution in [3.8, 4) is 0 Å². The predicted octanol–water partition coefficient (Wildman–Crippen LogP) is 1.51. The zero-order chi connectivity index (χ0) is 12.1. The quantitative estimate of drug-likeness (QED) is 0.431. The first kappa shape index (κ1) is 15.1. The van der Waals surface area contributed by atoms with Crippen molar-refractivity contribution >= 4 is 5.91 Å². The van der Waals surface area contributed by atoms with Gasteiger partial charge < -0.3 is 14.8 Å². The Hall–Kier alpha value is -0.870. The van der Waals surface area contributed by atoms with Crippen molar-refractivity contribution in [3.05, 3.63) is 12.7 Å². The van der Waals surface area contributed by atoms with E-state index in [1.165, 1.54) is 18.9 Å². The largest absolute Gasteiger partial charge is 0.379 e. The minimum Gasteiger partial charge on any atom is -0.379 e. The molecule has 1 amide bonds. The standard InChI is InChI=1S/C12H23NO3/c1-3-5-6-8-15-10-11-16-9-7-13-12(14)4-2/h4H,2-3,5-11H2,1H3,(H,13,14). The highest BCUT2D eigenvalue weighted by molar-refractivity contribution is 5.86. The van der Waals surface area contributed by atoms with E-state index in [-0.39, 0.29) is 5.91 Å². The lowest BCUT2D eigenvalue weighted by Gasteiger charge is -2.05. The van der Waals surface area contributed by atoms with Gasteiger partial charge in [0, 0.05) is 13.2 Å². The molecule has 0 aromatic carbocycles. The third kappa shape index (κ3) is 11.2. The van der Waals surface area contributed by atoms with Crippen LogP contribution in [0.2, 0.25) is 0 Å². The number of ether oxygens (including phenoxy) is 2. The zero-order valence-corrected chi connectivity index (χ0v) is 10.2. The van der Waals surface area contributed by atoms with Crippen LogP contribution in [0.15, 0.2) is 12.7 Å². The molecular weight excluding hydrogens is 206 g/mol. The molecule has 0 bridgehead atoms.